The van der Waals surface area contributed by atoms with Crippen LogP contribution in [0.3, 0.4) is 0 Å². The average Bonchev–Trinajstić information content (AvgIpc) is 2.84. The lowest BCUT2D eigenvalue weighted by molar-refractivity contribution is -0.138. The molecule has 0 atom stereocenters. The fourth-order valence-corrected chi connectivity index (χ4v) is 5.17. The molecule has 0 unspecified atom stereocenters. The van der Waals surface area contributed by atoms with Crippen molar-refractivity contribution in [3.63, 3.8) is 0 Å². The Kier molecular flexibility index (Phi) is 29.2. The molecule has 0 aromatic carbocycles. The summed E-state index contributed by atoms with van der Waals surface area (Å²) >= 11 is 0. The second-order valence-electron chi connectivity index (χ2n) is 11.2. The molecule has 0 aliphatic rings. The molecule has 1 N–H and O–H groups in total. The van der Waals surface area contributed by atoms with Gasteiger partial charge in [-0.2, -0.15) is 0 Å². The molecule has 0 rings (SSSR count). The van der Waals surface area contributed by atoms with Gasteiger partial charge >= 0.3 is 5.97 Å². The van der Waals surface area contributed by atoms with Crippen molar-refractivity contribution in [1.82, 2.24) is 4.90 Å². The van der Waals surface area contributed by atoms with Crippen LogP contribution in [0.1, 0.15) is 181 Å². The summed E-state index contributed by atoms with van der Waals surface area (Å²) in [7, 11) is 0. The van der Waals surface area contributed by atoms with Crippen LogP contribution < -0.4 is 0 Å². The highest BCUT2D eigenvalue weighted by molar-refractivity contribution is 5.69. The predicted octanol–water partition coefficient (Wildman–Crippen LogP) is 10.6. The minimum Gasteiger partial charge on any atom is -0.480 e. The zero-order valence-corrected chi connectivity index (χ0v) is 24.3. The van der Waals surface area contributed by atoms with E-state index in [9.17, 15) is 9.90 Å². The highest BCUT2D eigenvalue weighted by Gasteiger charge is 2.09. The van der Waals surface area contributed by atoms with Crippen molar-refractivity contribution in [2.75, 3.05) is 19.6 Å². The number of carboxylic acid groups (broad SMARTS) is 1. The van der Waals surface area contributed by atoms with Gasteiger partial charge in [-0.25, -0.2) is 0 Å². The Morgan fingerprint density at radius 1 is 0.429 bits per heavy atom. The van der Waals surface area contributed by atoms with Gasteiger partial charge in [-0.1, -0.05) is 168 Å². The molecule has 0 aromatic heterocycles. The Labute approximate surface area is 221 Å². The molecule has 0 aliphatic heterocycles. The summed E-state index contributed by atoms with van der Waals surface area (Å²) < 4.78 is 0. The Morgan fingerprint density at radius 3 is 0.886 bits per heavy atom. The van der Waals surface area contributed by atoms with Crippen molar-refractivity contribution >= 4 is 5.97 Å². The Balaban J connectivity index is 3.48. The largest absolute Gasteiger partial charge is 0.480 e. The second-order valence-corrected chi connectivity index (χ2v) is 11.2. The van der Waals surface area contributed by atoms with Gasteiger partial charge in [0.25, 0.3) is 0 Å². The SMILES string of the molecule is CCCCCCCCCCCCCCCCCCN(CCCCCCCCCCCC)CC(=O)O. The average molecular weight is 496 g/mol. The summed E-state index contributed by atoms with van der Waals surface area (Å²) in [6, 6.07) is 0. The summed E-state index contributed by atoms with van der Waals surface area (Å²) in [5, 5.41) is 9.24. The lowest BCUT2D eigenvalue weighted by Gasteiger charge is -2.20. The lowest BCUT2D eigenvalue weighted by atomic mass is 10.0. The fraction of sp³-hybridized carbons (Fsp3) is 0.969. The molecule has 0 amide bonds. The van der Waals surface area contributed by atoms with Gasteiger partial charge in [-0.3, -0.25) is 9.69 Å². The first-order chi connectivity index (χ1) is 17.2. The van der Waals surface area contributed by atoms with Crippen LogP contribution in [-0.4, -0.2) is 35.6 Å². The summed E-state index contributed by atoms with van der Waals surface area (Å²) in [5.41, 5.74) is 0. The van der Waals surface area contributed by atoms with Crippen molar-refractivity contribution in [3.05, 3.63) is 0 Å². The monoisotopic (exact) mass is 496 g/mol. The minimum atomic E-state index is -0.673. The van der Waals surface area contributed by atoms with E-state index in [1.54, 1.807) is 0 Å². The molecule has 0 saturated carbocycles. The lowest BCUT2D eigenvalue weighted by Crippen LogP contribution is -2.31. The number of unbranched alkanes of at least 4 members (excludes halogenated alkanes) is 24. The number of hydrogen-bond donors (Lipinski definition) is 1. The van der Waals surface area contributed by atoms with Crippen LogP contribution in [0.5, 0.6) is 0 Å². The third-order valence-corrected chi connectivity index (χ3v) is 7.51. The topological polar surface area (TPSA) is 40.5 Å². The van der Waals surface area contributed by atoms with Crippen LogP contribution in [0.2, 0.25) is 0 Å². The summed E-state index contributed by atoms with van der Waals surface area (Å²) in [4.78, 5) is 13.4. The third kappa shape index (κ3) is 29.5. The zero-order valence-electron chi connectivity index (χ0n) is 24.3. The maximum atomic E-state index is 11.2. The number of aliphatic carboxylic acids is 1. The molecule has 0 aliphatic carbocycles. The van der Waals surface area contributed by atoms with Crippen LogP contribution in [0, 0.1) is 0 Å². The van der Waals surface area contributed by atoms with Crippen molar-refractivity contribution in [3.8, 4) is 0 Å². The van der Waals surface area contributed by atoms with Crippen molar-refractivity contribution in [2.45, 2.75) is 181 Å². The van der Waals surface area contributed by atoms with Crippen molar-refractivity contribution < 1.29 is 9.90 Å². The molecule has 0 spiro atoms. The maximum absolute atomic E-state index is 11.2. The number of nitrogens with zero attached hydrogens (tertiary/aromatic N) is 1. The van der Waals surface area contributed by atoms with Gasteiger partial charge in [0.1, 0.15) is 0 Å². The van der Waals surface area contributed by atoms with Crippen LogP contribution in [0.15, 0.2) is 0 Å². The number of carbonyl (C=O) groups is 1. The van der Waals surface area contributed by atoms with Gasteiger partial charge in [0.05, 0.1) is 6.54 Å². The standard InChI is InChI=1S/C32H65NO2/c1-3-5-7-9-11-13-15-16-17-18-19-20-22-24-26-28-30-33(31-32(34)35)29-27-25-23-21-14-12-10-8-6-4-2/h3-31H2,1-2H3,(H,34,35). The van der Waals surface area contributed by atoms with Crippen LogP contribution >= 0.6 is 0 Å². The Hall–Kier alpha value is -0.570. The van der Waals surface area contributed by atoms with Gasteiger partial charge < -0.3 is 5.11 Å². The zero-order chi connectivity index (χ0) is 25.7. The molecule has 0 saturated heterocycles. The van der Waals surface area contributed by atoms with Gasteiger partial charge in [0.2, 0.25) is 0 Å². The van der Waals surface area contributed by atoms with E-state index in [1.807, 2.05) is 0 Å². The van der Waals surface area contributed by atoms with Gasteiger partial charge in [0, 0.05) is 0 Å². The number of hydrogen-bond acceptors (Lipinski definition) is 2. The third-order valence-electron chi connectivity index (χ3n) is 7.51. The Bertz CT molecular complexity index is 412. The molecule has 0 radical (unpaired) electrons. The van der Waals surface area contributed by atoms with E-state index in [0.717, 1.165) is 25.9 Å². The predicted molar refractivity (Wildman–Crippen MR) is 155 cm³/mol. The van der Waals surface area contributed by atoms with E-state index in [2.05, 4.69) is 18.7 Å². The smallest absolute Gasteiger partial charge is 0.317 e. The number of carboxylic acids is 1. The van der Waals surface area contributed by atoms with E-state index in [1.165, 1.54) is 154 Å². The Morgan fingerprint density at radius 2 is 0.657 bits per heavy atom. The van der Waals surface area contributed by atoms with Crippen molar-refractivity contribution in [2.24, 2.45) is 0 Å². The molecular formula is C32H65NO2. The highest BCUT2D eigenvalue weighted by Crippen LogP contribution is 2.14. The first kappa shape index (κ1) is 34.4. The van der Waals surface area contributed by atoms with E-state index >= 15 is 0 Å². The molecule has 0 heterocycles. The molecule has 0 bridgehead atoms. The summed E-state index contributed by atoms with van der Waals surface area (Å²) in [5.74, 6) is -0.673. The van der Waals surface area contributed by atoms with E-state index in [-0.39, 0.29) is 6.54 Å². The molecule has 0 fully saturated rings. The second kappa shape index (κ2) is 29.7. The molecule has 3 heteroatoms. The summed E-state index contributed by atoms with van der Waals surface area (Å²) in [6.07, 6.45) is 35.5. The molecule has 210 valence electrons. The first-order valence-corrected chi connectivity index (χ1v) is 16.1. The minimum absolute atomic E-state index is 0.218. The van der Waals surface area contributed by atoms with Crippen molar-refractivity contribution in [1.29, 1.82) is 0 Å². The molecule has 35 heavy (non-hydrogen) atoms. The van der Waals surface area contributed by atoms with Crippen LogP contribution in [0.25, 0.3) is 0 Å². The quantitative estimate of drug-likeness (QED) is 0.101. The van der Waals surface area contributed by atoms with Gasteiger partial charge in [-0.15, -0.1) is 0 Å². The van der Waals surface area contributed by atoms with Gasteiger partial charge in [0.15, 0.2) is 0 Å². The van der Waals surface area contributed by atoms with Crippen LogP contribution in [0.4, 0.5) is 0 Å². The first-order valence-electron chi connectivity index (χ1n) is 16.1. The highest BCUT2D eigenvalue weighted by atomic mass is 16.4. The molecule has 3 nitrogen and oxygen atoms in total. The number of rotatable bonds is 30. The maximum Gasteiger partial charge on any atom is 0.317 e. The normalized spacial score (nSPS) is 11.5. The van der Waals surface area contributed by atoms with Gasteiger partial charge in [-0.05, 0) is 25.9 Å². The van der Waals surface area contributed by atoms with E-state index in [0.29, 0.717) is 0 Å². The summed E-state index contributed by atoms with van der Waals surface area (Å²) in [6.45, 7) is 6.70. The van der Waals surface area contributed by atoms with Crippen LogP contribution in [-0.2, 0) is 4.79 Å². The molecule has 0 aromatic rings. The van der Waals surface area contributed by atoms with E-state index < -0.39 is 5.97 Å². The fourth-order valence-electron chi connectivity index (χ4n) is 5.17. The molecular weight excluding hydrogens is 430 g/mol. The van der Waals surface area contributed by atoms with E-state index in [4.69, 9.17) is 0 Å².